The summed E-state index contributed by atoms with van der Waals surface area (Å²) >= 11 is 0. The number of carboxylic acids is 1. The van der Waals surface area contributed by atoms with Gasteiger partial charge in [0.15, 0.2) is 0 Å². The second kappa shape index (κ2) is 7.53. The molecular formula is C14H20N2O3. The molecule has 0 saturated carbocycles. The number of benzene rings is 1. The molecule has 5 nitrogen and oxygen atoms in total. The van der Waals surface area contributed by atoms with E-state index >= 15 is 0 Å². The quantitative estimate of drug-likeness (QED) is 0.702. The summed E-state index contributed by atoms with van der Waals surface area (Å²) in [7, 11) is 1.86. The van der Waals surface area contributed by atoms with Crippen LogP contribution in [0.5, 0.6) is 0 Å². The largest absolute Gasteiger partial charge is 0.481 e. The number of nitrogens with one attached hydrogen (secondary N) is 2. The Balaban J connectivity index is 2.52. The lowest BCUT2D eigenvalue weighted by molar-refractivity contribution is -0.138. The summed E-state index contributed by atoms with van der Waals surface area (Å²) in [4.78, 5) is 22.3. The van der Waals surface area contributed by atoms with Crippen LogP contribution < -0.4 is 10.6 Å². The van der Waals surface area contributed by atoms with Crippen molar-refractivity contribution in [2.24, 2.45) is 5.92 Å². The molecule has 5 heteroatoms. The molecule has 0 aromatic heterocycles. The molecule has 1 aromatic rings. The van der Waals surface area contributed by atoms with Crippen molar-refractivity contribution < 1.29 is 14.7 Å². The Hall–Kier alpha value is -1.88. The van der Waals surface area contributed by atoms with E-state index in [1.807, 2.05) is 31.3 Å². The monoisotopic (exact) mass is 264 g/mol. The fourth-order valence-electron chi connectivity index (χ4n) is 1.86. The number of carbonyl (C=O) groups excluding carboxylic acids is 1. The first kappa shape index (κ1) is 15.2. The molecule has 1 rings (SSSR count). The summed E-state index contributed by atoms with van der Waals surface area (Å²) in [5.74, 6) is -1.20. The Labute approximate surface area is 113 Å². The van der Waals surface area contributed by atoms with Gasteiger partial charge in [-0.3, -0.25) is 9.59 Å². The summed E-state index contributed by atoms with van der Waals surface area (Å²) in [5.41, 5.74) is 1.82. The third kappa shape index (κ3) is 6.01. The Bertz CT molecular complexity index is 446. The maximum Gasteiger partial charge on any atom is 0.303 e. The maximum absolute atomic E-state index is 11.8. The van der Waals surface area contributed by atoms with Crippen LogP contribution in [0.3, 0.4) is 0 Å². The number of hydrogen-bond donors (Lipinski definition) is 3. The number of aliphatic carboxylic acids is 1. The van der Waals surface area contributed by atoms with Gasteiger partial charge in [0.1, 0.15) is 0 Å². The van der Waals surface area contributed by atoms with E-state index in [9.17, 15) is 9.59 Å². The van der Waals surface area contributed by atoms with E-state index in [4.69, 9.17) is 5.11 Å². The Kier molecular flexibility index (Phi) is 6.02. The van der Waals surface area contributed by atoms with Crippen molar-refractivity contribution >= 4 is 17.6 Å². The summed E-state index contributed by atoms with van der Waals surface area (Å²) < 4.78 is 0. The highest BCUT2D eigenvalue weighted by Gasteiger charge is 2.12. The summed E-state index contributed by atoms with van der Waals surface area (Å²) in [6.45, 7) is 2.49. The van der Waals surface area contributed by atoms with Crippen LogP contribution in [0, 0.1) is 5.92 Å². The lowest BCUT2D eigenvalue weighted by Gasteiger charge is -2.10. The standard InChI is InChI=1S/C14H20N2O3/c1-10(7-14(18)19)6-13(17)16-12-5-3-4-11(8-12)9-15-2/h3-5,8,10,15H,6-7,9H2,1-2H3,(H,16,17)(H,18,19). The molecule has 0 aliphatic heterocycles. The molecule has 104 valence electrons. The predicted octanol–water partition coefficient (Wildman–Crippen LogP) is 1.85. The van der Waals surface area contributed by atoms with Crippen molar-refractivity contribution in [3.8, 4) is 0 Å². The normalized spacial score (nSPS) is 11.9. The van der Waals surface area contributed by atoms with Crippen LogP contribution in [-0.4, -0.2) is 24.0 Å². The molecule has 1 aromatic carbocycles. The number of carboxylic acid groups (broad SMARTS) is 1. The minimum absolute atomic E-state index is 0.00716. The van der Waals surface area contributed by atoms with Crippen molar-refractivity contribution in [3.63, 3.8) is 0 Å². The molecule has 1 atom stereocenters. The van der Waals surface area contributed by atoms with Crippen LogP contribution in [0.2, 0.25) is 0 Å². The minimum Gasteiger partial charge on any atom is -0.481 e. The number of anilines is 1. The molecule has 0 radical (unpaired) electrons. The average molecular weight is 264 g/mol. The van der Waals surface area contributed by atoms with Gasteiger partial charge in [-0.25, -0.2) is 0 Å². The van der Waals surface area contributed by atoms with E-state index in [-0.39, 0.29) is 24.7 Å². The second-order valence-electron chi connectivity index (χ2n) is 4.69. The van der Waals surface area contributed by atoms with Gasteiger partial charge in [0.25, 0.3) is 0 Å². The molecule has 0 bridgehead atoms. The van der Waals surface area contributed by atoms with E-state index in [1.165, 1.54) is 0 Å². The zero-order valence-electron chi connectivity index (χ0n) is 11.3. The van der Waals surface area contributed by atoms with Crippen molar-refractivity contribution in [2.75, 3.05) is 12.4 Å². The molecule has 1 unspecified atom stereocenters. The van der Waals surface area contributed by atoms with Gasteiger partial charge in [-0.05, 0) is 30.7 Å². The molecule has 3 N–H and O–H groups in total. The average Bonchev–Trinajstić information content (AvgIpc) is 2.28. The predicted molar refractivity (Wildman–Crippen MR) is 73.9 cm³/mol. The fraction of sp³-hybridized carbons (Fsp3) is 0.429. The zero-order chi connectivity index (χ0) is 14.3. The van der Waals surface area contributed by atoms with Gasteiger partial charge in [-0.2, -0.15) is 0 Å². The third-order valence-electron chi connectivity index (χ3n) is 2.65. The lowest BCUT2D eigenvalue weighted by Crippen LogP contribution is -2.17. The molecule has 0 heterocycles. The third-order valence-corrected chi connectivity index (χ3v) is 2.65. The number of rotatable bonds is 7. The molecular weight excluding hydrogens is 244 g/mol. The smallest absolute Gasteiger partial charge is 0.303 e. The van der Waals surface area contributed by atoms with Gasteiger partial charge in [-0.15, -0.1) is 0 Å². The summed E-state index contributed by atoms with van der Waals surface area (Å²) in [5, 5.41) is 14.5. The first-order chi connectivity index (χ1) is 9.01. The highest BCUT2D eigenvalue weighted by molar-refractivity contribution is 5.91. The van der Waals surface area contributed by atoms with Crippen molar-refractivity contribution in [2.45, 2.75) is 26.3 Å². The van der Waals surface area contributed by atoms with Crippen molar-refractivity contribution in [1.29, 1.82) is 0 Å². The molecule has 19 heavy (non-hydrogen) atoms. The summed E-state index contributed by atoms with van der Waals surface area (Å²) in [6.07, 6.45) is 0.218. The number of amides is 1. The van der Waals surface area contributed by atoms with Crippen LogP contribution in [0.25, 0.3) is 0 Å². The SMILES string of the molecule is CNCc1cccc(NC(=O)CC(C)CC(=O)O)c1. The number of hydrogen-bond acceptors (Lipinski definition) is 3. The van der Waals surface area contributed by atoms with E-state index in [2.05, 4.69) is 10.6 Å². The van der Waals surface area contributed by atoms with Gasteiger partial charge < -0.3 is 15.7 Å². The van der Waals surface area contributed by atoms with E-state index in [1.54, 1.807) is 6.92 Å². The topological polar surface area (TPSA) is 78.4 Å². The second-order valence-corrected chi connectivity index (χ2v) is 4.69. The van der Waals surface area contributed by atoms with Gasteiger partial charge >= 0.3 is 5.97 Å². The van der Waals surface area contributed by atoms with Crippen LogP contribution >= 0.6 is 0 Å². The lowest BCUT2D eigenvalue weighted by atomic mass is 10.0. The molecule has 0 fully saturated rings. The van der Waals surface area contributed by atoms with Crippen LogP contribution in [0.4, 0.5) is 5.69 Å². The van der Waals surface area contributed by atoms with Crippen LogP contribution in [-0.2, 0) is 16.1 Å². The van der Waals surface area contributed by atoms with Crippen molar-refractivity contribution in [1.82, 2.24) is 5.32 Å². The maximum atomic E-state index is 11.8. The molecule has 0 spiro atoms. The van der Waals surface area contributed by atoms with Crippen LogP contribution in [0.15, 0.2) is 24.3 Å². The van der Waals surface area contributed by atoms with Gasteiger partial charge in [-0.1, -0.05) is 19.1 Å². The highest BCUT2D eigenvalue weighted by Crippen LogP contribution is 2.13. The van der Waals surface area contributed by atoms with Crippen molar-refractivity contribution in [3.05, 3.63) is 29.8 Å². The van der Waals surface area contributed by atoms with E-state index in [0.717, 1.165) is 17.8 Å². The molecule has 0 saturated heterocycles. The molecule has 1 amide bonds. The first-order valence-electron chi connectivity index (χ1n) is 6.26. The van der Waals surface area contributed by atoms with Crippen LogP contribution in [0.1, 0.15) is 25.3 Å². The number of carbonyl (C=O) groups is 2. The minimum atomic E-state index is -0.878. The fourth-order valence-corrected chi connectivity index (χ4v) is 1.86. The zero-order valence-corrected chi connectivity index (χ0v) is 11.3. The summed E-state index contributed by atoms with van der Waals surface area (Å²) in [6, 6.07) is 7.57. The highest BCUT2D eigenvalue weighted by atomic mass is 16.4. The van der Waals surface area contributed by atoms with Gasteiger partial charge in [0.2, 0.25) is 5.91 Å². The van der Waals surface area contributed by atoms with E-state index in [0.29, 0.717) is 0 Å². The molecule has 0 aliphatic carbocycles. The molecule has 0 aliphatic rings. The Morgan fingerprint density at radius 1 is 1.32 bits per heavy atom. The van der Waals surface area contributed by atoms with Gasteiger partial charge in [0.05, 0.1) is 0 Å². The van der Waals surface area contributed by atoms with E-state index < -0.39 is 5.97 Å². The Morgan fingerprint density at radius 2 is 2.05 bits per heavy atom. The van der Waals surface area contributed by atoms with Gasteiger partial charge in [0, 0.05) is 25.1 Å². The Morgan fingerprint density at radius 3 is 2.68 bits per heavy atom. The first-order valence-corrected chi connectivity index (χ1v) is 6.26.